The molecule has 35 heavy (non-hydrogen) atoms. The van der Waals surface area contributed by atoms with Crippen LogP contribution in [-0.4, -0.2) is 34.3 Å². The Hall–Kier alpha value is -4.25. The first kappa shape index (κ1) is 23.9. The number of aromatic hydroxyl groups is 1. The summed E-state index contributed by atoms with van der Waals surface area (Å²) in [5.74, 6) is -0.422. The van der Waals surface area contributed by atoms with Crippen molar-refractivity contribution in [1.82, 2.24) is 4.57 Å². The first-order valence-corrected chi connectivity index (χ1v) is 11.4. The van der Waals surface area contributed by atoms with Crippen LogP contribution in [-0.2, 0) is 9.53 Å². The number of rotatable bonds is 6. The van der Waals surface area contributed by atoms with Crippen LogP contribution in [0.4, 0.5) is 5.69 Å². The zero-order valence-corrected chi connectivity index (χ0v) is 19.9. The highest BCUT2D eigenvalue weighted by molar-refractivity contribution is 7.07. The Labute approximate surface area is 202 Å². The van der Waals surface area contributed by atoms with Crippen molar-refractivity contribution in [2.75, 3.05) is 13.7 Å². The number of phenols is 1. The molecule has 0 aliphatic carbocycles. The Bertz CT molecular complexity index is 1530. The van der Waals surface area contributed by atoms with E-state index >= 15 is 0 Å². The molecule has 2 aromatic carbocycles. The number of carbonyl (C=O) groups excluding carboxylic acids is 1. The summed E-state index contributed by atoms with van der Waals surface area (Å²) < 4.78 is 12.2. The quantitative estimate of drug-likeness (QED) is 0.315. The molecule has 0 spiro atoms. The van der Waals surface area contributed by atoms with Crippen LogP contribution in [0, 0.1) is 10.1 Å². The molecule has 1 atom stereocenters. The maximum absolute atomic E-state index is 13.5. The second-order valence-electron chi connectivity index (χ2n) is 7.58. The molecule has 0 fully saturated rings. The molecule has 1 aromatic heterocycles. The van der Waals surface area contributed by atoms with Gasteiger partial charge in [0.2, 0.25) is 0 Å². The van der Waals surface area contributed by atoms with Gasteiger partial charge >= 0.3 is 11.7 Å². The number of hydrogen-bond donors (Lipinski definition) is 1. The molecule has 1 aliphatic rings. The molecule has 10 nitrogen and oxygen atoms in total. The van der Waals surface area contributed by atoms with Gasteiger partial charge in [-0.2, -0.15) is 0 Å². The van der Waals surface area contributed by atoms with Gasteiger partial charge in [0, 0.05) is 6.07 Å². The third kappa shape index (κ3) is 4.45. The smallest absolute Gasteiger partial charge is 0.338 e. The van der Waals surface area contributed by atoms with E-state index in [-0.39, 0.29) is 16.7 Å². The Morgan fingerprint density at radius 2 is 2.00 bits per heavy atom. The van der Waals surface area contributed by atoms with Crippen molar-refractivity contribution in [2.45, 2.75) is 19.9 Å². The summed E-state index contributed by atoms with van der Waals surface area (Å²) in [5, 5.41) is 20.9. The number of fused-ring (bicyclic) bond motifs is 1. The number of ether oxygens (including phenoxy) is 2. The predicted octanol–water partition coefficient (Wildman–Crippen LogP) is 2.42. The number of carbonyl (C=O) groups is 1. The molecule has 0 bridgehead atoms. The third-order valence-corrected chi connectivity index (χ3v) is 6.43. The molecule has 0 saturated heterocycles. The van der Waals surface area contributed by atoms with Crippen LogP contribution in [0.15, 0.2) is 63.5 Å². The van der Waals surface area contributed by atoms with Gasteiger partial charge in [-0.05, 0) is 49.2 Å². The van der Waals surface area contributed by atoms with Gasteiger partial charge in [-0.15, -0.1) is 0 Å². The summed E-state index contributed by atoms with van der Waals surface area (Å²) >= 11 is 1.10. The molecule has 2 heterocycles. The number of nitro groups is 1. The van der Waals surface area contributed by atoms with E-state index in [1.807, 2.05) is 0 Å². The van der Waals surface area contributed by atoms with Gasteiger partial charge in [-0.1, -0.05) is 29.5 Å². The molecule has 1 N–H and O–H groups in total. The van der Waals surface area contributed by atoms with Crippen LogP contribution >= 0.6 is 11.3 Å². The van der Waals surface area contributed by atoms with Gasteiger partial charge in [0.1, 0.15) is 5.75 Å². The van der Waals surface area contributed by atoms with E-state index in [1.165, 1.54) is 28.8 Å². The minimum Gasteiger partial charge on any atom is -0.502 e. The maximum atomic E-state index is 13.5. The maximum Gasteiger partial charge on any atom is 0.338 e. The van der Waals surface area contributed by atoms with Crippen LogP contribution in [0.25, 0.3) is 6.08 Å². The van der Waals surface area contributed by atoms with E-state index in [2.05, 4.69) is 4.99 Å². The fourth-order valence-electron chi connectivity index (χ4n) is 3.82. The van der Waals surface area contributed by atoms with E-state index < -0.39 is 33.9 Å². The van der Waals surface area contributed by atoms with Gasteiger partial charge in [0.15, 0.2) is 10.6 Å². The average molecular weight is 496 g/mol. The van der Waals surface area contributed by atoms with Gasteiger partial charge in [-0.3, -0.25) is 19.5 Å². The lowest BCUT2D eigenvalue weighted by Gasteiger charge is -2.24. The molecule has 4 rings (SSSR count). The molecule has 0 radical (unpaired) electrons. The van der Waals surface area contributed by atoms with E-state index in [9.17, 15) is 24.8 Å². The van der Waals surface area contributed by atoms with E-state index in [4.69, 9.17) is 9.47 Å². The standard InChI is InChI=1S/C24H21N3O7S/c1-4-34-23(30)20-13(2)25-24-26(21(20)15-6-8-16(33-3)9-7-15)22(29)19(35-24)12-14-5-10-18(28)17(11-14)27(31)32/h5-12,21,28H,4H2,1-3H3/t21-/m0/s1. The van der Waals surface area contributed by atoms with Crippen molar-refractivity contribution < 1.29 is 24.3 Å². The van der Waals surface area contributed by atoms with Crippen molar-refractivity contribution in [3.05, 3.63) is 94.7 Å². The zero-order valence-electron chi connectivity index (χ0n) is 19.0. The second-order valence-corrected chi connectivity index (χ2v) is 8.59. The number of phenolic OH excluding ortho intramolecular Hbond substituents is 1. The van der Waals surface area contributed by atoms with Crippen LogP contribution in [0.1, 0.15) is 31.0 Å². The summed E-state index contributed by atoms with van der Waals surface area (Å²) in [6.45, 7) is 3.54. The summed E-state index contributed by atoms with van der Waals surface area (Å²) in [5.41, 5.74) is 0.814. The summed E-state index contributed by atoms with van der Waals surface area (Å²) in [6.07, 6.45) is 1.49. The molecule has 3 aromatic rings. The minimum absolute atomic E-state index is 0.162. The highest BCUT2D eigenvalue weighted by Crippen LogP contribution is 2.31. The number of thiazole rings is 1. The fourth-order valence-corrected chi connectivity index (χ4v) is 4.87. The van der Waals surface area contributed by atoms with E-state index in [1.54, 1.807) is 45.2 Å². The number of allylic oxidation sites excluding steroid dienone is 1. The zero-order chi connectivity index (χ0) is 25.3. The lowest BCUT2D eigenvalue weighted by atomic mass is 9.96. The Kier molecular flexibility index (Phi) is 6.52. The van der Waals surface area contributed by atoms with E-state index in [0.29, 0.717) is 27.4 Å². The van der Waals surface area contributed by atoms with Crippen molar-refractivity contribution in [3.63, 3.8) is 0 Å². The van der Waals surface area contributed by atoms with Crippen molar-refractivity contribution in [3.8, 4) is 11.5 Å². The first-order valence-electron chi connectivity index (χ1n) is 10.6. The van der Waals surface area contributed by atoms with Gasteiger partial charge in [-0.25, -0.2) is 9.79 Å². The number of benzene rings is 2. The number of esters is 1. The van der Waals surface area contributed by atoms with Crippen molar-refractivity contribution in [2.24, 2.45) is 4.99 Å². The number of nitrogens with zero attached hydrogens (tertiary/aromatic N) is 3. The monoisotopic (exact) mass is 495 g/mol. The number of hydrogen-bond acceptors (Lipinski definition) is 9. The minimum atomic E-state index is -0.785. The molecule has 1 aliphatic heterocycles. The number of nitro benzene ring substituents is 1. The highest BCUT2D eigenvalue weighted by atomic mass is 32.1. The molecule has 0 saturated carbocycles. The largest absolute Gasteiger partial charge is 0.502 e. The second kappa shape index (κ2) is 9.55. The molecular weight excluding hydrogens is 474 g/mol. The molecule has 0 amide bonds. The SMILES string of the molecule is CCOC(=O)C1=C(C)N=c2sc(=Cc3ccc(O)c([N+](=O)[O-])c3)c(=O)n2[C@H]1c1ccc(OC)cc1. The normalized spacial score (nSPS) is 15.4. The van der Waals surface area contributed by atoms with Gasteiger partial charge in [0.25, 0.3) is 5.56 Å². The summed E-state index contributed by atoms with van der Waals surface area (Å²) in [6, 6.07) is 10.1. The summed E-state index contributed by atoms with van der Waals surface area (Å²) in [7, 11) is 1.54. The lowest BCUT2D eigenvalue weighted by Crippen LogP contribution is -2.39. The van der Waals surface area contributed by atoms with Crippen LogP contribution in [0.3, 0.4) is 0 Å². The molecular formula is C24H21N3O7S. The van der Waals surface area contributed by atoms with Gasteiger partial charge < -0.3 is 14.6 Å². The van der Waals surface area contributed by atoms with Crippen LogP contribution in [0.5, 0.6) is 11.5 Å². The Morgan fingerprint density at radius 3 is 2.63 bits per heavy atom. The lowest BCUT2D eigenvalue weighted by molar-refractivity contribution is -0.385. The number of methoxy groups -OCH3 is 1. The van der Waals surface area contributed by atoms with Crippen LogP contribution < -0.4 is 19.6 Å². The van der Waals surface area contributed by atoms with Crippen LogP contribution in [0.2, 0.25) is 0 Å². The van der Waals surface area contributed by atoms with Crippen molar-refractivity contribution in [1.29, 1.82) is 0 Å². The molecule has 180 valence electrons. The first-order chi connectivity index (χ1) is 16.7. The topological polar surface area (TPSA) is 133 Å². The Balaban J connectivity index is 1.93. The van der Waals surface area contributed by atoms with Crippen molar-refractivity contribution >= 4 is 29.1 Å². The highest BCUT2D eigenvalue weighted by Gasteiger charge is 2.33. The molecule has 11 heteroatoms. The fraction of sp³-hybridized carbons (Fsp3) is 0.208. The van der Waals surface area contributed by atoms with Gasteiger partial charge in [0.05, 0.1) is 40.5 Å². The van der Waals surface area contributed by atoms with E-state index in [0.717, 1.165) is 11.3 Å². The third-order valence-electron chi connectivity index (χ3n) is 5.44. The summed E-state index contributed by atoms with van der Waals surface area (Å²) in [4.78, 5) is 41.8. The Morgan fingerprint density at radius 1 is 1.29 bits per heavy atom. The average Bonchev–Trinajstić information content (AvgIpc) is 3.13. The predicted molar refractivity (Wildman–Crippen MR) is 128 cm³/mol. The number of aromatic nitrogens is 1. The molecule has 0 unspecified atom stereocenters.